The van der Waals surface area contributed by atoms with Crippen LogP contribution in [0.4, 0.5) is 5.69 Å². The van der Waals surface area contributed by atoms with E-state index >= 15 is 0 Å². The van der Waals surface area contributed by atoms with Gasteiger partial charge in [0.2, 0.25) is 5.91 Å². The lowest BCUT2D eigenvalue weighted by molar-refractivity contribution is -0.132. The van der Waals surface area contributed by atoms with Crippen molar-refractivity contribution in [3.63, 3.8) is 0 Å². The van der Waals surface area contributed by atoms with Gasteiger partial charge in [-0.15, -0.1) is 0 Å². The number of rotatable bonds is 4. The van der Waals surface area contributed by atoms with Gasteiger partial charge in [-0.3, -0.25) is 9.59 Å². The monoisotopic (exact) mass is 382 g/mol. The molecular formula is C23H30N2O3. The van der Waals surface area contributed by atoms with Crippen LogP contribution in [-0.4, -0.2) is 29.5 Å². The first-order valence-electron chi connectivity index (χ1n) is 10.7. The molecule has 0 radical (unpaired) electrons. The number of carbonyl (C=O) groups excluding carboxylic acids is 2. The van der Waals surface area contributed by atoms with Gasteiger partial charge in [0.05, 0.1) is 5.69 Å². The van der Waals surface area contributed by atoms with Gasteiger partial charge in [-0.05, 0) is 82.3 Å². The molecule has 1 N–H and O–H groups in total. The molecule has 28 heavy (non-hydrogen) atoms. The molecule has 0 saturated heterocycles. The van der Waals surface area contributed by atoms with Crippen LogP contribution in [-0.2, 0) is 9.59 Å². The standard InChI is InChI=1S/C23H30N2O3/c1-22(2)21(27)25(18-5-3-4-6-19(18)28-22)8-7-20(26)24-23-12-15-9-16(13-23)11-17(10-15)14-23/h3-6,15-17H,7-14H2,1-2H3,(H,24,26). The van der Waals surface area contributed by atoms with Crippen LogP contribution in [0, 0.1) is 17.8 Å². The Morgan fingerprint density at radius 2 is 1.71 bits per heavy atom. The first-order chi connectivity index (χ1) is 13.3. The predicted octanol–water partition coefficient (Wildman–Crippen LogP) is 3.67. The number of anilines is 1. The first kappa shape index (κ1) is 18.0. The number of carbonyl (C=O) groups is 2. The van der Waals surface area contributed by atoms with Gasteiger partial charge in [-0.25, -0.2) is 0 Å². The maximum atomic E-state index is 12.9. The van der Waals surface area contributed by atoms with Gasteiger partial charge in [0.15, 0.2) is 5.60 Å². The van der Waals surface area contributed by atoms with Crippen molar-refractivity contribution in [1.82, 2.24) is 5.32 Å². The van der Waals surface area contributed by atoms with E-state index in [0.29, 0.717) is 18.7 Å². The van der Waals surface area contributed by atoms with Crippen LogP contribution >= 0.6 is 0 Å². The molecule has 5 heteroatoms. The minimum atomic E-state index is -0.912. The molecule has 5 nitrogen and oxygen atoms in total. The van der Waals surface area contributed by atoms with Crippen molar-refractivity contribution in [2.45, 2.75) is 69.9 Å². The minimum Gasteiger partial charge on any atom is -0.476 e. The van der Waals surface area contributed by atoms with E-state index in [1.807, 2.05) is 24.3 Å². The second kappa shape index (κ2) is 6.23. The van der Waals surface area contributed by atoms with Crippen LogP contribution in [0.25, 0.3) is 0 Å². The minimum absolute atomic E-state index is 0.0258. The molecule has 0 spiro atoms. The van der Waals surface area contributed by atoms with Gasteiger partial charge in [0.1, 0.15) is 5.75 Å². The van der Waals surface area contributed by atoms with E-state index in [1.165, 1.54) is 19.3 Å². The van der Waals surface area contributed by atoms with Crippen LogP contribution in [0.2, 0.25) is 0 Å². The van der Waals surface area contributed by atoms with Gasteiger partial charge in [-0.2, -0.15) is 0 Å². The zero-order valence-electron chi connectivity index (χ0n) is 16.9. The number of para-hydroxylation sites is 2. The number of nitrogens with zero attached hydrogens (tertiary/aromatic N) is 1. The van der Waals surface area contributed by atoms with Crippen LogP contribution in [0.5, 0.6) is 5.75 Å². The molecule has 4 bridgehead atoms. The second-order valence-corrected chi connectivity index (χ2v) is 10.0. The van der Waals surface area contributed by atoms with Gasteiger partial charge >= 0.3 is 0 Å². The summed E-state index contributed by atoms with van der Waals surface area (Å²) >= 11 is 0. The Morgan fingerprint density at radius 3 is 2.36 bits per heavy atom. The fraction of sp³-hybridized carbons (Fsp3) is 0.652. The van der Waals surface area contributed by atoms with E-state index in [4.69, 9.17) is 4.74 Å². The Bertz CT molecular complexity index is 781. The number of nitrogens with one attached hydrogen (secondary N) is 1. The lowest BCUT2D eigenvalue weighted by atomic mass is 9.53. The van der Waals surface area contributed by atoms with Crippen molar-refractivity contribution in [3.8, 4) is 5.75 Å². The van der Waals surface area contributed by atoms with Crippen molar-refractivity contribution in [2.75, 3.05) is 11.4 Å². The molecule has 1 aromatic carbocycles. The molecule has 0 unspecified atom stereocenters. The molecule has 2 amide bonds. The average Bonchev–Trinajstić information content (AvgIpc) is 2.60. The molecule has 4 saturated carbocycles. The van der Waals surface area contributed by atoms with Crippen LogP contribution in [0.1, 0.15) is 58.8 Å². The zero-order valence-corrected chi connectivity index (χ0v) is 16.9. The van der Waals surface area contributed by atoms with Gasteiger partial charge in [0.25, 0.3) is 5.91 Å². The summed E-state index contributed by atoms with van der Waals surface area (Å²) in [6.07, 6.45) is 7.87. The molecule has 4 aliphatic carbocycles. The summed E-state index contributed by atoms with van der Waals surface area (Å²) in [5.74, 6) is 3.11. The number of hydrogen-bond acceptors (Lipinski definition) is 3. The van der Waals surface area contributed by atoms with E-state index in [-0.39, 0.29) is 17.4 Å². The molecule has 4 fully saturated rings. The number of hydrogen-bond donors (Lipinski definition) is 1. The molecular weight excluding hydrogens is 352 g/mol. The van der Waals surface area contributed by atoms with Gasteiger partial charge in [-0.1, -0.05) is 12.1 Å². The summed E-state index contributed by atoms with van der Waals surface area (Å²) in [5.41, 5.74) is -0.127. The molecule has 1 heterocycles. The van der Waals surface area contributed by atoms with Crippen molar-refractivity contribution in [1.29, 1.82) is 0 Å². The Morgan fingerprint density at radius 1 is 1.11 bits per heavy atom. The normalized spacial score (nSPS) is 34.7. The highest BCUT2D eigenvalue weighted by Crippen LogP contribution is 2.55. The fourth-order valence-electron chi connectivity index (χ4n) is 6.58. The van der Waals surface area contributed by atoms with Crippen LogP contribution < -0.4 is 15.0 Å². The maximum absolute atomic E-state index is 12.9. The molecule has 6 rings (SSSR count). The Hall–Kier alpha value is -2.04. The highest BCUT2D eigenvalue weighted by atomic mass is 16.5. The number of ether oxygens (including phenoxy) is 1. The van der Waals surface area contributed by atoms with E-state index in [1.54, 1.807) is 18.7 Å². The average molecular weight is 383 g/mol. The third-order valence-corrected chi connectivity index (χ3v) is 7.29. The smallest absolute Gasteiger partial charge is 0.270 e. The van der Waals surface area contributed by atoms with Crippen LogP contribution in [0.3, 0.4) is 0 Å². The second-order valence-electron chi connectivity index (χ2n) is 10.0. The third-order valence-electron chi connectivity index (χ3n) is 7.29. The molecule has 1 aromatic rings. The van der Waals surface area contributed by atoms with Crippen molar-refractivity contribution in [2.24, 2.45) is 17.8 Å². The van der Waals surface area contributed by atoms with E-state index in [9.17, 15) is 9.59 Å². The quantitative estimate of drug-likeness (QED) is 0.864. The lowest BCUT2D eigenvalue weighted by Crippen LogP contribution is -2.60. The predicted molar refractivity (Wildman–Crippen MR) is 107 cm³/mol. The summed E-state index contributed by atoms with van der Waals surface area (Å²) < 4.78 is 5.87. The van der Waals surface area contributed by atoms with Crippen molar-refractivity contribution >= 4 is 17.5 Å². The van der Waals surface area contributed by atoms with Gasteiger partial charge < -0.3 is 15.0 Å². The summed E-state index contributed by atoms with van der Waals surface area (Å²) in [4.78, 5) is 27.5. The highest BCUT2D eigenvalue weighted by molar-refractivity contribution is 6.02. The lowest BCUT2D eigenvalue weighted by Gasteiger charge is -2.57. The number of benzene rings is 1. The summed E-state index contributed by atoms with van der Waals surface area (Å²) in [6.45, 7) is 3.96. The van der Waals surface area contributed by atoms with E-state index < -0.39 is 5.60 Å². The molecule has 5 aliphatic rings. The Kier molecular flexibility index (Phi) is 4.01. The fourth-order valence-corrected chi connectivity index (χ4v) is 6.58. The molecule has 1 aliphatic heterocycles. The topological polar surface area (TPSA) is 58.6 Å². The van der Waals surface area contributed by atoms with Crippen LogP contribution in [0.15, 0.2) is 24.3 Å². The number of fused-ring (bicyclic) bond motifs is 1. The van der Waals surface area contributed by atoms with Gasteiger partial charge in [0, 0.05) is 18.5 Å². The Labute approximate surface area is 166 Å². The molecule has 0 aromatic heterocycles. The maximum Gasteiger partial charge on any atom is 0.270 e. The Balaban J connectivity index is 1.27. The first-order valence-corrected chi connectivity index (χ1v) is 10.7. The number of amides is 2. The zero-order chi connectivity index (χ0) is 19.5. The van der Waals surface area contributed by atoms with Crippen molar-refractivity contribution in [3.05, 3.63) is 24.3 Å². The van der Waals surface area contributed by atoms with Crippen molar-refractivity contribution < 1.29 is 14.3 Å². The summed E-state index contributed by atoms with van der Waals surface area (Å²) in [6, 6.07) is 7.57. The third kappa shape index (κ3) is 2.99. The summed E-state index contributed by atoms with van der Waals surface area (Å²) in [7, 11) is 0. The SMILES string of the molecule is CC1(C)Oc2ccccc2N(CCC(=O)NC23CC4CC(CC(C4)C2)C3)C1=O. The largest absolute Gasteiger partial charge is 0.476 e. The highest BCUT2D eigenvalue weighted by Gasteiger charge is 2.51. The molecule has 150 valence electrons. The molecule has 0 atom stereocenters. The van der Waals surface area contributed by atoms with E-state index in [2.05, 4.69) is 5.32 Å². The van der Waals surface area contributed by atoms with E-state index in [0.717, 1.165) is 42.7 Å². The summed E-state index contributed by atoms with van der Waals surface area (Å²) in [5, 5.41) is 3.42.